The fraction of sp³-hybridized carbons (Fsp3) is 0.138. The van der Waals surface area contributed by atoms with Crippen molar-refractivity contribution in [2.45, 2.75) is 47.3 Å². The van der Waals surface area contributed by atoms with E-state index in [2.05, 4.69) is 48.5 Å². The number of carbonyl (C=O) groups is 1. The third-order valence-electron chi connectivity index (χ3n) is 4.72. The molecule has 0 N–H and O–H groups in total. The molecule has 1 aliphatic rings. The van der Waals surface area contributed by atoms with E-state index in [9.17, 15) is 4.79 Å². The Labute approximate surface area is 200 Å². The minimum atomic E-state index is 0.121. The first-order valence-corrected chi connectivity index (χ1v) is 12.7. The fourth-order valence-corrected chi connectivity index (χ4v) is 5.17. The Bertz CT molecular complexity index is 1080. The van der Waals surface area contributed by atoms with Crippen LogP contribution in [0.1, 0.15) is 43.6 Å². The van der Waals surface area contributed by atoms with Crippen LogP contribution in [0.4, 0.5) is 0 Å². The molecule has 4 aromatic carbocycles. The molecule has 162 valence electrons. The molecule has 0 amide bonds. The van der Waals surface area contributed by atoms with Gasteiger partial charge in [0, 0.05) is 30.7 Å². The summed E-state index contributed by atoms with van der Waals surface area (Å²) in [5.74, 6) is 0.121. The Morgan fingerprint density at radius 2 is 0.812 bits per heavy atom. The lowest BCUT2D eigenvalue weighted by atomic mass is 10.1. The number of benzene rings is 4. The molecule has 0 saturated carbocycles. The third kappa shape index (κ3) is 5.35. The maximum atomic E-state index is 13.1. The van der Waals surface area contributed by atoms with E-state index < -0.39 is 0 Å². The van der Waals surface area contributed by atoms with E-state index in [1.807, 2.05) is 76.2 Å². The average Bonchev–Trinajstić information content (AvgIpc) is 3.14. The normalized spacial score (nSPS) is 10.8. The second kappa shape index (κ2) is 11.8. The lowest BCUT2D eigenvalue weighted by Gasteiger charge is -2.05. The van der Waals surface area contributed by atoms with Crippen molar-refractivity contribution in [1.82, 2.24) is 0 Å². The highest BCUT2D eigenvalue weighted by atomic mass is 32.2. The first kappa shape index (κ1) is 23.9. The van der Waals surface area contributed by atoms with Gasteiger partial charge in [-0.2, -0.15) is 0 Å². The summed E-state index contributed by atoms with van der Waals surface area (Å²) in [6.07, 6.45) is 0. The predicted octanol–water partition coefficient (Wildman–Crippen LogP) is 9.25. The maximum Gasteiger partial charge on any atom is 0.194 e. The highest BCUT2D eigenvalue weighted by molar-refractivity contribution is 7.99. The summed E-state index contributed by atoms with van der Waals surface area (Å²) < 4.78 is 0. The average molecular weight is 457 g/mol. The molecule has 0 aromatic heterocycles. The van der Waals surface area contributed by atoms with Crippen molar-refractivity contribution in [3.8, 4) is 11.1 Å². The van der Waals surface area contributed by atoms with Crippen molar-refractivity contribution in [1.29, 1.82) is 0 Å². The van der Waals surface area contributed by atoms with Crippen LogP contribution in [0.3, 0.4) is 0 Å². The SMILES string of the molecule is CC.CC.O=C1c2cc(Sc3ccccc3)ccc2-c2ccc(Sc3ccccc3)cc21. The van der Waals surface area contributed by atoms with Gasteiger partial charge < -0.3 is 0 Å². The van der Waals surface area contributed by atoms with E-state index >= 15 is 0 Å². The molecule has 5 rings (SSSR count). The van der Waals surface area contributed by atoms with Gasteiger partial charge in [0.15, 0.2) is 5.78 Å². The second-order valence-electron chi connectivity index (χ2n) is 6.57. The molecule has 0 saturated heterocycles. The monoisotopic (exact) mass is 456 g/mol. The number of hydrogen-bond donors (Lipinski definition) is 0. The van der Waals surface area contributed by atoms with Gasteiger partial charge in [0.25, 0.3) is 0 Å². The molecular weight excluding hydrogens is 428 g/mol. The second-order valence-corrected chi connectivity index (χ2v) is 8.87. The van der Waals surface area contributed by atoms with Gasteiger partial charge in [-0.05, 0) is 59.7 Å². The van der Waals surface area contributed by atoms with Crippen LogP contribution in [0.25, 0.3) is 11.1 Å². The van der Waals surface area contributed by atoms with Gasteiger partial charge in [-0.15, -0.1) is 0 Å². The lowest BCUT2D eigenvalue weighted by molar-refractivity contribution is 0.104. The van der Waals surface area contributed by atoms with E-state index in [0.29, 0.717) is 0 Å². The molecule has 1 aliphatic carbocycles. The number of rotatable bonds is 4. The Morgan fingerprint density at radius 3 is 1.19 bits per heavy atom. The van der Waals surface area contributed by atoms with Gasteiger partial charge in [0.2, 0.25) is 0 Å². The molecule has 32 heavy (non-hydrogen) atoms. The zero-order valence-corrected chi connectivity index (χ0v) is 20.6. The number of ketones is 1. The summed E-state index contributed by atoms with van der Waals surface area (Å²) >= 11 is 3.37. The largest absolute Gasteiger partial charge is 0.289 e. The molecule has 0 atom stereocenters. The van der Waals surface area contributed by atoms with Gasteiger partial charge in [-0.1, -0.05) is 99.7 Å². The van der Waals surface area contributed by atoms with E-state index in [4.69, 9.17) is 0 Å². The fourth-order valence-electron chi connectivity index (χ4n) is 3.41. The molecule has 0 bridgehead atoms. The summed E-state index contributed by atoms with van der Waals surface area (Å²) in [6.45, 7) is 8.00. The van der Waals surface area contributed by atoms with Crippen molar-refractivity contribution < 1.29 is 4.79 Å². The minimum Gasteiger partial charge on any atom is -0.289 e. The number of carbonyl (C=O) groups excluding carboxylic acids is 1. The van der Waals surface area contributed by atoms with Crippen molar-refractivity contribution in [3.63, 3.8) is 0 Å². The highest BCUT2D eigenvalue weighted by Crippen LogP contribution is 2.41. The minimum absolute atomic E-state index is 0.121. The number of hydrogen-bond acceptors (Lipinski definition) is 3. The standard InChI is InChI=1S/C25H16OS2.2C2H6/c26-25-23-15-19(27-17-7-3-1-4-8-17)11-13-21(23)22-14-12-20(16-24(22)25)28-18-9-5-2-6-10-18;2*1-2/h1-16H;2*1-2H3. The summed E-state index contributed by atoms with van der Waals surface area (Å²) in [7, 11) is 0. The third-order valence-corrected chi connectivity index (χ3v) is 6.71. The molecule has 0 unspecified atom stereocenters. The zero-order valence-electron chi connectivity index (χ0n) is 19.0. The highest BCUT2D eigenvalue weighted by Gasteiger charge is 2.27. The Hall–Kier alpha value is -2.75. The maximum absolute atomic E-state index is 13.1. The zero-order chi connectivity index (χ0) is 22.9. The Kier molecular flexibility index (Phi) is 8.78. The molecule has 0 aliphatic heterocycles. The van der Waals surface area contributed by atoms with Crippen molar-refractivity contribution in [3.05, 3.63) is 108 Å². The van der Waals surface area contributed by atoms with E-state index in [1.165, 1.54) is 9.79 Å². The van der Waals surface area contributed by atoms with Gasteiger partial charge in [-0.3, -0.25) is 4.79 Å². The number of fused-ring (bicyclic) bond motifs is 3. The van der Waals surface area contributed by atoms with Crippen LogP contribution < -0.4 is 0 Å². The smallest absolute Gasteiger partial charge is 0.194 e. The molecule has 0 fully saturated rings. The predicted molar refractivity (Wildman–Crippen MR) is 139 cm³/mol. The van der Waals surface area contributed by atoms with Crippen LogP contribution in [0, 0.1) is 0 Å². The molecule has 0 radical (unpaired) electrons. The van der Waals surface area contributed by atoms with Gasteiger partial charge in [-0.25, -0.2) is 0 Å². The summed E-state index contributed by atoms with van der Waals surface area (Å²) in [4.78, 5) is 17.6. The van der Waals surface area contributed by atoms with E-state index in [1.54, 1.807) is 23.5 Å². The van der Waals surface area contributed by atoms with Gasteiger partial charge in [0.05, 0.1) is 0 Å². The van der Waals surface area contributed by atoms with Crippen LogP contribution in [-0.2, 0) is 0 Å². The molecule has 0 spiro atoms. The molecular formula is C29H28OS2. The lowest BCUT2D eigenvalue weighted by Crippen LogP contribution is -1.95. The van der Waals surface area contributed by atoms with Crippen molar-refractivity contribution >= 4 is 29.3 Å². The van der Waals surface area contributed by atoms with Crippen LogP contribution in [0.2, 0.25) is 0 Å². The Morgan fingerprint density at radius 1 is 0.438 bits per heavy atom. The van der Waals surface area contributed by atoms with Gasteiger partial charge >= 0.3 is 0 Å². The first-order valence-electron chi connectivity index (χ1n) is 11.1. The summed E-state index contributed by atoms with van der Waals surface area (Å²) in [6, 6.07) is 32.9. The van der Waals surface area contributed by atoms with E-state index in [0.717, 1.165) is 32.0 Å². The van der Waals surface area contributed by atoms with Crippen LogP contribution in [0.5, 0.6) is 0 Å². The van der Waals surface area contributed by atoms with Gasteiger partial charge in [0.1, 0.15) is 0 Å². The molecule has 1 nitrogen and oxygen atoms in total. The van der Waals surface area contributed by atoms with Crippen molar-refractivity contribution in [2.24, 2.45) is 0 Å². The summed E-state index contributed by atoms with van der Waals surface area (Å²) in [5.41, 5.74) is 3.68. The topological polar surface area (TPSA) is 17.1 Å². The Balaban J connectivity index is 0.000000686. The van der Waals surface area contributed by atoms with Crippen LogP contribution >= 0.6 is 23.5 Å². The summed E-state index contributed by atoms with van der Waals surface area (Å²) in [5, 5.41) is 0. The molecule has 0 heterocycles. The molecule has 3 heteroatoms. The molecule has 4 aromatic rings. The first-order chi connectivity index (χ1) is 15.8. The van der Waals surface area contributed by atoms with Crippen LogP contribution in [-0.4, -0.2) is 5.78 Å². The quantitative estimate of drug-likeness (QED) is 0.268. The van der Waals surface area contributed by atoms with Crippen LogP contribution in [0.15, 0.2) is 117 Å². The van der Waals surface area contributed by atoms with E-state index in [-0.39, 0.29) is 5.78 Å². The van der Waals surface area contributed by atoms with Crippen molar-refractivity contribution in [2.75, 3.05) is 0 Å².